The van der Waals surface area contributed by atoms with Gasteiger partial charge in [-0.2, -0.15) is 0 Å². The van der Waals surface area contributed by atoms with Crippen molar-refractivity contribution in [3.05, 3.63) is 108 Å². The lowest BCUT2D eigenvalue weighted by molar-refractivity contribution is 0.268. The molecule has 1 unspecified atom stereocenters. The summed E-state index contributed by atoms with van der Waals surface area (Å²) < 4.78 is 0. The zero-order valence-corrected chi connectivity index (χ0v) is 15.9. The van der Waals surface area contributed by atoms with E-state index < -0.39 is 0 Å². The quantitative estimate of drug-likeness (QED) is 0.441. The molecule has 0 radical (unpaired) electrons. The molecule has 1 atom stereocenters. The van der Waals surface area contributed by atoms with Crippen LogP contribution in [-0.4, -0.2) is 6.16 Å². The Morgan fingerprint density at radius 3 is 1.12 bits per heavy atom. The molecule has 1 heteroatoms. The Labute approximate surface area is 154 Å². The molecule has 0 fully saturated rings. The SMILES string of the molecule is PCCC(Cc1ccccc1)(Cc1ccccc1)Cc1ccccc1. The van der Waals surface area contributed by atoms with Gasteiger partial charge in [0.05, 0.1) is 0 Å². The van der Waals surface area contributed by atoms with Crippen LogP contribution in [0.2, 0.25) is 0 Å². The van der Waals surface area contributed by atoms with Crippen molar-refractivity contribution in [3.63, 3.8) is 0 Å². The smallest absolute Gasteiger partial charge is 0.0173 e. The molecular weight excluding hydrogens is 319 g/mol. The summed E-state index contributed by atoms with van der Waals surface area (Å²) in [5.41, 5.74) is 4.56. The van der Waals surface area contributed by atoms with Gasteiger partial charge in [-0.25, -0.2) is 0 Å². The summed E-state index contributed by atoms with van der Waals surface area (Å²) in [6.45, 7) is 0. The first-order chi connectivity index (χ1) is 12.3. The Bertz CT molecular complexity index is 633. The lowest BCUT2D eigenvalue weighted by Crippen LogP contribution is -2.30. The molecule has 0 aliphatic carbocycles. The van der Waals surface area contributed by atoms with Crippen LogP contribution in [0.15, 0.2) is 91.0 Å². The molecule has 0 saturated carbocycles. The average Bonchev–Trinajstić information content (AvgIpc) is 2.64. The molecule has 0 aliphatic rings. The molecule has 0 spiro atoms. The molecule has 0 N–H and O–H groups in total. The second kappa shape index (κ2) is 8.97. The van der Waals surface area contributed by atoms with Gasteiger partial charge < -0.3 is 0 Å². The molecule has 0 aliphatic heterocycles. The minimum absolute atomic E-state index is 0.242. The first-order valence-electron chi connectivity index (χ1n) is 9.12. The van der Waals surface area contributed by atoms with E-state index in [1.165, 1.54) is 23.1 Å². The van der Waals surface area contributed by atoms with Crippen LogP contribution in [0.4, 0.5) is 0 Å². The van der Waals surface area contributed by atoms with E-state index in [0.29, 0.717) is 0 Å². The largest absolute Gasteiger partial charge is 0.138 e. The molecule has 3 rings (SSSR count). The Balaban J connectivity index is 1.94. The van der Waals surface area contributed by atoms with Gasteiger partial charge in [-0.3, -0.25) is 0 Å². The van der Waals surface area contributed by atoms with Crippen LogP contribution in [0, 0.1) is 5.41 Å². The van der Waals surface area contributed by atoms with E-state index >= 15 is 0 Å². The Kier molecular flexibility index (Phi) is 6.42. The summed E-state index contributed by atoms with van der Waals surface area (Å²) in [5, 5.41) is 0. The number of hydrogen-bond donors (Lipinski definition) is 0. The van der Waals surface area contributed by atoms with Crippen LogP contribution >= 0.6 is 9.24 Å². The minimum atomic E-state index is 0.242. The lowest BCUT2D eigenvalue weighted by Gasteiger charge is -2.35. The molecule has 0 nitrogen and oxygen atoms in total. The van der Waals surface area contributed by atoms with E-state index in [9.17, 15) is 0 Å². The maximum atomic E-state index is 2.94. The van der Waals surface area contributed by atoms with E-state index in [4.69, 9.17) is 0 Å². The lowest BCUT2D eigenvalue weighted by atomic mass is 9.70. The highest BCUT2D eigenvalue weighted by atomic mass is 31.0. The fourth-order valence-corrected chi connectivity index (χ4v) is 4.46. The second-order valence-corrected chi connectivity index (χ2v) is 7.60. The van der Waals surface area contributed by atoms with Gasteiger partial charge in [0.25, 0.3) is 0 Å². The average molecular weight is 346 g/mol. The molecule has 0 bridgehead atoms. The van der Waals surface area contributed by atoms with Gasteiger partial charge in [-0.15, -0.1) is 9.24 Å². The van der Waals surface area contributed by atoms with E-state index in [2.05, 4.69) is 100 Å². The maximum absolute atomic E-state index is 2.94. The summed E-state index contributed by atoms with van der Waals surface area (Å²) in [7, 11) is 2.94. The topological polar surface area (TPSA) is 0 Å². The van der Waals surface area contributed by atoms with Crippen molar-refractivity contribution in [1.29, 1.82) is 0 Å². The third-order valence-electron chi connectivity index (χ3n) is 4.94. The number of rotatable bonds is 8. The monoisotopic (exact) mass is 346 g/mol. The molecule has 0 saturated heterocycles. The highest BCUT2D eigenvalue weighted by molar-refractivity contribution is 7.16. The van der Waals surface area contributed by atoms with Gasteiger partial charge in [0, 0.05) is 0 Å². The van der Waals surface area contributed by atoms with Gasteiger partial charge >= 0.3 is 0 Å². The van der Waals surface area contributed by atoms with Crippen molar-refractivity contribution < 1.29 is 0 Å². The van der Waals surface area contributed by atoms with Crippen molar-refractivity contribution in [2.45, 2.75) is 25.7 Å². The molecule has 3 aromatic rings. The van der Waals surface area contributed by atoms with E-state index in [0.717, 1.165) is 25.4 Å². The molecule has 128 valence electrons. The Hall–Kier alpha value is -1.91. The molecule has 0 aromatic heterocycles. The van der Waals surface area contributed by atoms with E-state index in [-0.39, 0.29) is 5.41 Å². The van der Waals surface area contributed by atoms with Gasteiger partial charge in [-0.1, -0.05) is 91.0 Å². The van der Waals surface area contributed by atoms with Crippen LogP contribution < -0.4 is 0 Å². The molecule has 0 heterocycles. The third-order valence-corrected chi connectivity index (χ3v) is 5.23. The normalized spacial score (nSPS) is 11.4. The fraction of sp³-hybridized carbons (Fsp3) is 0.250. The highest BCUT2D eigenvalue weighted by Crippen LogP contribution is 2.36. The zero-order valence-electron chi connectivity index (χ0n) is 14.8. The zero-order chi connectivity index (χ0) is 17.4. The van der Waals surface area contributed by atoms with Gasteiger partial charge in [0.1, 0.15) is 0 Å². The van der Waals surface area contributed by atoms with Crippen LogP contribution in [-0.2, 0) is 19.3 Å². The van der Waals surface area contributed by atoms with Crippen molar-refractivity contribution in [3.8, 4) is 0 Å². The van der Waals surface area contributed by atoms with Crippen LogP contribution in [0.3, 0.4) is 0 Å². The number of benzene rings is 3. The van der Waals surface area contributed by atoms with Crippen LogP contribution in [0.5, 0.6) is 0 Å². The van der Waals surface area contributed by atoms with Gasteiger partial charge in [0.15, 0.2) is 0 Å². The summed E-state index contributed by atoms with van der Waals surface area (Å²) in [6.07, 6.45) is 5.69. The van der Waals surface area contributed by atoms with E-state index in [1.54, 1.807) is 0 Å². The first kappa shape index (κ1) is 17.9. The minimum Gasteiger partial charge on any atom is -0.138 e. The van der Waals surface area contributed by atoms with Crippen LogP contribution in [0.1, 0.15) is 23.1 Å². The molecule has 0 amide bonds. The summed E-state index contributed by atoms with van der Waals surface area (Å²) in [5.74, 6) is 0. The molecular formula is C24H27P. The Morgan fingerprint density at radius 1 is 0.520 bits per heavy atom. The maximum Gasteiger partial charge on any atom is -0.0173 e. The van der Waals surface area contributed by atoms with Crippen molar-refractivity contribution >= 4 is 9.24 Å². The summed E-state index contributed by atoms with van der Waals surface area (Å²) in [6, 6.07) is 32.9. The third kappa shape index (κ3) is 5.28. The fourth-order valence-electron chi connectivity index (χ4n) is 3.85. The van der Waals surface area contributed by atoms with Crippen molar-refractivity contribution in [1.82, 2.24) is 0 Å². The van der Waals surface area contributed by atoms with Gasteiger partial charge in [-0.05, 0) is 54.0 Å². The van der Waals surface area contributed by atoms with Crippen molar-refractivity contribution in [2.24, 2.45) is 5.41 Å². The summed E-state index contributed by atoms with van der Waals surface area (Å²) in [4.78, 5) is 0. The highest BCUT2D eigenvalue weighted by Gasteiger charge is 2.30. The first-order valence-corrected chi connectivity index (χ1v) is 9.93. The van der Waals surface area contributed by atoms with Crippen LogP contribution in [0.25, 0.3) is 0 Å². The molecule has 3 aromatic carbocycles. The molecule has 25 heavy (non-hydrogen) atoms. The van der Waals surface area contributed by atoms with Gasteiger partial charge in [0.2, 0.25) is 0 Å². The second-order valence-electron chi connectivity index (χ2n) is 7.03. The predicted molar refractivity (Wildman–Crippen MR) is 112 cm³/mol. The van der Waals surface area contributed by atoms with E-state index in [1.807, 2.05) is 0 Å². The summed E-state index contributed by atoms with van der Waals surface area (Å²) >= 11 is 0. The van der Waals surface area contributed by atoms with Crippen molar-refractivity contribution in [2.75, 3.05) is 6.16 Å². The predicted octanol–water partition coefficient (Wildman–Crippen LogP) is 5.97. The number of hydrogen-bond acceptors (Lipinski definition) is 0. The Morgan fingerprint density at radius 2 is 0.840 bits per heavy atom. The standard InChI is InChI=1S/C24H27P/c25-17-16-24(18-21-10-4-1-5-11-21,19-22-12-6-2-7-13-22)20-23-14-8-3-9-15-23/h1-15H,16-20,25H2.